The Morgan fingerprint density at radius 2 is 2.12 bits per heavy atom. The number of anilines is 1. The van der Waals surface area contributed by atoms with Crippen molar-refractivity contribution in [1.29, 1.82) is 0 Å². The molecule has 0 saturated heterocycles. The van der Waals surface area contributed by atoms with Gasteiger partial charge in [0.2, 0.25) is 5.95 Å². The molecule has 0 atom stereocenters. The van der Waals surface area contributed by atoms with E-state index in [4.69, 9.17) is 5.11 Å². The van der Waals surface area contributed by atoms with Gasteiger partial charge in [0.05, 0.1) is 0 Å². The highest BCUT2D eigenvalue weighted by Crippen LogP contribution is 2.06. The predicted molar refractivity (Wildman–Crippen MR) is 62.3 cm³/mol. The first kappa shape index (κ1) is 12.2. The van der Waals surface area contributed by atoms with Crippen molar-refractivity contribution in [3.05, 3.63) is 24.0 Å². The Bertz CT molecular complexity index is 373. The van der Waals surface area contributed by atoms with Gasteiger partial charge in [0.1, 0.15) is 0 Å². The van der Waals surface area contributed by atoms with Crippen LogP contribution in [0.3, 0.4) is 0 Å². The van der Waals surface area contributed by atoms with Gasteiger partial charge in [-0.25, -0.2) is 14.8 Å². The molecule has 1 rings (SSSR count). The molecule has 5 heteroatoms. The highest BCUT2D eigenvalue weighted by Gasteiger charge is 2.01. The largest absolute Gasteiger partial charge is 0.478 e. The molecular formula is C11H15N3O2. The summed E-state index contributed by atoms with van der Waals surface area (Å²) >= 11 is 0. The number of hydrogen-bond donors (Lipinski definition) is 1. The van der Waals surface area contributed by atoms with E-state index in [-0.39, 0.29) is 0 Å². The first-order valence-corrected chi connectivity index (χ1v) is 5.07. The Labute approximate surface area is 94.5 Å². The highest BCUT2D eigenvalue weighted by atomic mass is 16.4. The van der Waals surface area contributed by atoms with E-state index in [1.807, 2.05) is 11.9 Å². The Hall–Kier alpha value is -1.91. The zero-order valence-electron chi connectivity index (χ0n) is 9.42. The molecule has 16 heavy (non-hydrogen) atoms. The quantitative estimate of drug-likeness (QED) is 0.762. The van der Waals surface area contributed by atoms with Crippen LogP contribution in [0.5, 0.6) is 0 Å². The van der Waals surface area contributed by atoms with E-state index >= 15 is 0 Å². The number of rotatable bonds is 5. The normalized spacial score (nSPS) is 10.6. The second kappa shape index (κ2) is 5.85. The molecule has 0 unspecified atom stereocenters. The van der Waals surface area contributed by atoms with Crippen LogP contribution in [0.1, 0.15) is 18.9 Å². The molecule has 1 heterocycles. The fourth-order valence-corrected chi connectivity index (χ4v) is 1.22. The SMILES string of the molecule is CCCN(C)c1ncc(/C=C/C(=O)O)cn1. The Morgan fingerprint density at radius 1 is 1.50 bits per heavy atom. The van der Waals surface area contributed by atoms with E-state index in [0.717, 1.165) is 19.0 Å². The maximum Gasteiger partial charge on any atom is 0.328 e. The molecule has 0 aliphatic rings. The van der Waals surface area contributed by atoms with Crippen molar-refractivity contribution in [1.82, 2.24) is 9.97 Å². The first-order valence-electron chi connectivity index (χ1n) is 5.07. The van der Waals surface area contributed by atoms with Crippen molar-refractivity contribution >= 4 is 18.0 Å². The zero-order chi connectivity index (χ0) is 12.0. The Kier molecular flexibility index (Phi) is 4.44. The average Bonchev–Trinajstić information content (AvgIpc) is 2.27. The van der Waals surface area contributed by atoms with Crippen molar-refractivity contribution in [3.8, 4) is 0 Å². The minimum atomic E-state index is -0.979. The van der Waals surface area contributed by atoms with Crippen LogP contribution in [0, 0.1) is 0 Å². The first-order chi connectivity index (χ1) is 7.63. The van der Waals surface area contributed by atoms with Gasteiger partial charge >= 0.3 is 5.97 Å². The van der Waals surface area contributed by atoms with E-state index in [1.54, 1.807) is 12.4 Å². The molecule has 0 aliphatic heterocycles. The number of carboxylic acid groups (broad SMARTS) is 1. The van der Waals surface area contributed by atoms with Crippen molar-refractivity contribution < 1.29 is 9.90 Å². The third-order valence-corrected chi connectivity index (χ3v) is 1.98. The van der Waals surface area contributed by atoms with Crippen molar-refractivity contribution in [2.24, 2.45) is 0 Å². The Balaban J connectivity index is 2.71. The third-order valence-electron chi connectivity index (χ3n) is 1.98. The van der Waals surface area contributed by atoms with Gasteiger partial charge in [-0.3, -0.25) is 0 Å². The van der Waals surface area contributed by atoms with Crippen LogP contribution in [0.2, 0.25) is 0 Å². The van der Waals surface area contributed by atoms with Crippen LogP contribution in [0.4, 0.5) is 5.95 Å². The smallest absolute Gasteiger partial charge is 0.328 e. The second-order valence-electron chi connectivity index (χ2n) is 3.41. The van der Waals surface area contributed by atoms with Crippen LogP contribution < -0.4 is 4.90 Å². The lowest BCUT2D eigenvalue weighted by atomic mass is 10.3. The topological polar surface area (TPSA) is 66.3 Å². The van der Waals surface area contributed by atoms with Crippen molar-refractivity contribution in [3.63, 3.8) is 0 Å². The van der Waals surface area contributed by atoms with Gasteiger partial charge in [-0.2, -0.15) is 0 Å². The number of nitrogens with zero attached hydrogens (tertiary/aromatic N) is 3. The molecule has 0 spiro atoms. The lowest BCUT2D eigenvalue weighted by molar-refractivity contribution is -0.131. The lowest BCUT2D eigenvalue weighted by Crippen LogP contribution is -2.20. The molecule has 0 radical (unpaired) electrons. The minimum Gasteiger partial charge on any atom is -0.478 e. The maximum atomic E-state index is 10.3. The van der Waals surface area contributed by atoms with E-state index in [2.05, 4.69) is 16.9 Å². The van der Waals surface area contributed by atoms with Gasteiger partial charge in [0.25, 0.3) is 0 Å². The summed E-state index contributed by atoms with van der Waals surface area (Å²) in [6, 6.07) is 0. The molecule has 1 N–H and O–H groups in total. The van der Waals surface area contributed by atoms with Gasteiger partial charge in [-0.05, 0) is 12.5 Å². The summed E-state index contributed by atoms with van der Waals surface area (Å²) in [7, 11) is 1.92. The van der Waals surface area contributed by atoms with Gasteiger partial charge in [-0.15, -0.1) is 0 Å². The molecule has 0 bridgehead atoms. The van der Waals surface area contributed by atoms with E-state index < -0.39 is 5.97 Å². The molecule has 0 amide bonds. The van der Waals surface area contributed by atoms with Crippen LogP contribution in [-0.2, 0) is 4.79 Å². The fraction of sp³-hybridized carbons (Fsp3) is 0.364. The summed E-state index contributed by atoms with van der Waals surface area (Å²) < 4.78 is 0. The van der Waals surface area contributed by atoms with E-state index in [1.165, 1.54) is 6.08 Å². The lowest BCUT2D eigenvalue weighted by Gasteiger charge is -2.15. The van der Waals surface area contributed by atoms with Gasteiger partial charge < -0.3 is 10.0 Å². The van der Waals surface area contributed by atoms with Crippen LogP contribution in [0.15, 0.2) is 18.5 Å². The van der Waals surface area contributed by atoms with Crippen LogP contribution in [-0.4, -0.2) is 34.6 Å². The van der Waals surface area contributed by atoms with E-state index in [9.17, 15) is 4.79 Å². The minimum absolute atomic E-state index is 0.648. The summed E-state index contributed by atoms with van der Waals surface area (Å²) in [6.07, 6.45) is 6.77. The second-order valence-corrected chi connectivity index (χ2v) is 3.41. The molecule has 1 aromatic heterocycles. The monoisotopic (exact) mass is 221 g/mol. The summed E-state index contributed by atoms with van der Waals surface area (Å²) in [4.78, 5) is 20.5. The van der Waals surface area contributed by atoms with E-state index in [0.29, 0.717) is 11.5 Å². The summed E-state index contributed by atoms with van der Waals surface area (Å²) in [6.45, 7) is 2.98. The van der Waals surface area contributed by atoms with Gasteiger partial charge in [-0.1, -0.05) is 6.92 Å². The van der Waals surface area contributed by atoms with Crippen molar-refractivity contribution in [2.75, 3.05) is 18.5 Å². The van der Waals surface area contributed by atoms with Crippen LogP contribution >= 0.6 is 0 Å². The molecule has 0 aliphatic carbocycles. The average molecular weight is 221 g/mol. The molecule has 1 aromatic rings. The summed E-state index contributed by atoms with van der Waals surface area (Å²) in [5.41, 5.74) is 0.677. The molecule has 86 valence electrons. The standard InChI is InChI=1S/C11H15N3O2/c1-3-6-14(2)11-12-7-9(8-13-11)4-5-10(15)16/h4-5,7-8H,3,6H2,1-2H3,(H,15,16)/b5-4+. The zero-order valence-corrected chi connectivity index (χ0v) is 9.42. The van der Waals surface area contributed by atoms with Crippen molar-refractivity contribution in [2.45, 2.75) is 13.3 Å². The number of aliphatic carboxylic acids is 1. The number of carbonyl (C=O) groups is 1. The molecule has 0 aromatic carbocycles. The van der Waals surface area contributed by atoms with Gasteiger partial charge in [0, 0.05) is 37.6 Å². The predicted octanol–water partition coefficient (Wildman–Crippen LogP) is 1.42. The molecule has 0 fully saturated rings. The molecule has 0 saturated carbocycles. The summed E-state index contributed by atoms with van der Waals surface area (Å²) in [5, 5.41) is 8.45. The number of aromatic nitrogens is 2. The third kappa shape index (κ3) is 3.68. The van der Waals surface area contributed by atoms with Crippen LogP contribution in [0.25, 0.3) is 6.08 Å². The Morgan fingerprint density at radius 3 is 2.62 bits per heavy atom. The maximum absolute atomic E-state index is 10.3. The fourth-order valence-electron chi connectivity index (χ4n) is 1.22. The number of carboxylic acids is 1. The van der Waals surface area contributed by atoms with Gasteiger partial charge in [0.15, 0.2) is 0 Å². The highest BCUT2D eigenvalue weighted by molar-refractivity contribution is 5.85. The molecular weight excluding hydrogens is 206 g/mol. The number of hydrogen-bond acceptors (Lipinski definition) is 4. The molecule has 5 nitrogen and oxygen atoms in total. The summed E-state index contributed by atoms with van der Waals surface area (Å²) in [5.74, 6) is -0.332.